The fourth-order valence-electron chi connectivity index (χ4n) is 3.55. The smallest absolute Gasteiger partial charge is 0.146 e. The molecule has 0 spiro atoms. The summed E-state index contributed by atoms with van der Waals surface area (Å²) in [4.78, 5) is 0. The van der Waals surface area contributed by atoms with Crippen molar-refractivity contribution in [3.05, 3.63) is 11.6 Å². The Bertz CT molecular complexity index is 237. The van der Waals surface area contributed by atoms with Crippen molar-refractivity contribution < 1.29 is 4.43 Å². The van der Waals surface area contributed by atoms with Crippen LogP contribution in [-0.2, 0) is 4.43 Å². The zero-order valence-electron chi connectivity index (χ0n) is 11.4. The highest BCUT2D eigenvalue weighted by Gasteiger charge is 2.19. The van der Waals surface area contributed by atoms with Gasteiger partial charge in [-0.25, -0.2) is 0 Å². The summed E-state index contributed by atoms with van der Waals surface area (Å²) in [5, 5.41) is 0. The van der Waals surface area contributed by atoms with Crippen LogP contribution in [0, 0.1) is 11.8 Å². The zero-order chi connectivity index (χ0) is 11.9. The molecule has 2 rings (SSSR count). The van der Waals surface area contributed by atoms with E-state index >= 15 is 0 Å². The van der Waals surface area contributed by atoms with E-state index in [1.165, 1.54) is 64.2 Å². The molecule has 1 nitrogen and oxygen atoms in total. The Hall–Kier alpha value is -0.0831. The zero-order valence-corrected chi connectivity index (χ0v) is 13.4. The van der Waals surface area contributed by atoms with Gasteiger partial charge in [0.05, 0.1) is 6.61 Å². The molecule has 0 aromatic heterocycles. The molecule has 0 amide bonds. The minimum atomic E-state index is 0.861. The monoisotopic (exact) mass is 252 g/mol. The molecule has 0 N–H and O–H groups in total. The van der Waals surface area contributed by atoms with Crippen molar-refractivity contribution in [2.24, 2.45) is 11.8 Å². The molecule has 0 unspecified atom stereocenters. The highest BCUT2D eigenvalue weighted by Crippen LogP contribution is 2.33. The van der Waals surface area contributed by atoms with Gasteiger partial charge in [0.2, 0.25) is 0 Å². The Morgan fingerprint density at radius 2 is 1.53 bits per heavy atom. The molecule has 0 aromatic rings. The van der Waals surface area contributed by atoms with E-state index < -0.39 is 0 Å². The second-order valence-corrected chi connectivity index (χ2v) is 6.48. The molecule has 2 aliphatic carbocycles. The lowest BCUT2D eigenvalue weighted by atomic mass is 9.80. The summed E-state index contributed by atoms with van der Waals surface area (Å²) in [5.74, 6) is 1.73. The predicted molar refractivity (Wildman–Crippen MR) is 77.1 cm³/mol. The van der Waals surface area contributed by atoms with E-state index in [9.17, 15) is 0 Å². The molecule has 0 saturated heterocycles. The second kappa shape index (κ2) is 7.37. The quantitative estimate of drug-likeness (QED) is 0.550. The topological polar surface area (TPSA) is 9.23 Å². The van der Waals surface area contributed by atoms with Crippen LogP contribution in [0.15, 0.2) is 11.6 Å². The maximum absolute atomic E-state index is 5.57. The highest BCUT2D eigenvalue weighted by atomic mass is 28.2. The Morgan fingerprint density at radius 3 is 2.12 bits per heavy atom. The predicted octanol–water partition coefficient (Wildman–Crippen LogP) is 3.37. The highest BCUT2D eigenvalue weighted by molar-refractivity contribution is 5.98. The van der Waals surface area contributed by atoms with Crippen LogP contribution in [0.1, 0.15) is 64.2 Å². The normalized spacial score (nSPS) is 25.3. The first kappa shape index (κ1) is 13.4. The van der Waals surface area contributed by atoms with Gasteiger partial charge < -0.3 is 4.43 Å². The summed E-state index contributed by atoms with van der Waals surface area (Å²) in [6.45, 7) is 0.938. The lowest BCUT2D eigenvalue weighted by Crippen LogP contribution is -2.15. The first-order valence-corrected chi connectivity index (χ1v) is 8.41. The number of hydrogen-bond acceptors (Lipinski definition) is 1. The fraction of sp³-hybridized carbons (Fsp3) is 0.867. The van der Waals surface area contributed by atoms with Gasteiger partial charge in [0, 0.05) is 0 Å². The third-order valence-corrected chi connectivity index (χ3v) is 4.83. The van der Waals surface area contributed by atoms with E-state index in [1.807, 2.05) is 0 Å². The van der Waals surface area contributed by atoms with Crippen LogP contribution >= 0.6 is 0 Å². The first-order chi connectivity index (χ1) is 8.40. The largest absolute Gasteiger partial charge is 0.424 e. The van der Waals surface area contributed by atoms with Crippen molar-refractivity contribution in [3.63, 3.8) is 0 Å². The van der Waals surface area contributed by atoms with Gasteiger partial charge in [0.15, 0.2) is 0 Å². The third kappa shape index (κ3) is 4.25. The first-order valence-electron chi connectivity index (χ1n) is 7.59. The van der Waals surface area contributed by atoms with Crippen molar-refractivity contribution in [1.82, 2.24) is 0 Å². The van der Waals surface area contributed by atoms with Gasteiger partial charge in [-0.05, 0) is 43.1 Å². The molecule has 0 heterocycles. The molecule has 0 radical (unpaired) electrons. The summed E-state index contributed by atoms with van der Waals surface area (Å²) >= 11 is 0. The van der Waals surface area contributed by atoms with Gasteiger partial charge in [0.1, 0.15) is 10.5 Å². The maximum atomic E-state index is 5.57. The average molecular weight is 252 g/mol. The van der Waals surface area contributed by atoms with Crippen molar-refractivity contribution in [2.45, 2.75) is 64.2 Å². The van der Waals surface area contributed by atoms with Crippen molar-refractivity contribution >= 4 is 10.5 Å². The number of allylic oxidation sites excluding steroid dienone is 1. The van der Waals surface area contributed by atoms with Crippen LogP contribution in [0.5, 0.6) is 0 Å². The SMILES string of the molecule is [SiH3]OCC(=CC1CCCCC1)C1CCCCC1. The van der Waals surface area contributed by atoms with Gasteiger partial charge in [0.25, 0.3) is 0 Å². The molecule has 2 fully saturated rings. The minimum absolute atomic E-state index is 0.861. The van der Waals surface area contributed by atoms with Crippen LogP contribution in [0.2, 0.25) is 0 Å². The van der Waals surface area contributed by atoms with Crippen LogP contribution in [0.3, 0.4) is 0 Å². The molecular formula is C15H28OSi. The summed E-state index contributed by atoms with van der Waals surface area (Å²) in [6, 6.07) is 0. The standard InChI is InChI=1S/C15H28OSi/c17-16-12-15(14-9-5-2-6-10-14)11-13-7-3-1-4-8-13/h11,13-14H,1-10,12H2,17H3. The minimum Gasteiger partial charge on any atom is -0.424 e. The van der Waals surface area contributed by atoms with Gasteiger partial charge in [-0.15, -0.1) is 0 Å². The molecular weight excluding hydrogens is 224 g/mol. The van der Waals surface area contributed by atoms with Crippen molar-refractivity contribution in [3.8, 4) is 0 Å². The second-order valence-electron chi connectivity index (χ2n) is 5.91. The van der Waals surface area contributed by atoms with Gasteiger partial charge in [-0.1, -0.05) is 44.6 Å². The summed E-state index contributed by atoms with van der Waals surface area (Å²) in [7, 11) is 0.885. The van der Waals surface area contributed by atoms with E-state index in [2.05, 4.69) is 6.08 Å². The van der Waals surface area contributed by atoms with E-state index in [1.54, 1.807) is 5.57 Å². The Morgan fingerprint density at radius 1 is 0.941 bits per heavy atom. The Labute approximate surface area is 110 Å². The Kier molecular flexibility index (Phi) is 5.79. The maximum Gasteiger partial charge on any atom is 0.146 e. The van der Waals surface area contributed by atoms with E-state index in [4.69, 9.17) is 4.43 Å². The van der Waals surface area contributed by atoms with E-state index in [0.717, 1.165) is 28.9 Å². The number of rotatable bonds is 4. The molecule has 0 bridgehead atoms. The molecule has 2 aliphatic rings. The van der Waals surface area contributed by atoms with Gasteiger partial charge >= 0.3 is 0 Å². The molecule has 2 saturated carbocycles. The Balaban J connectivity index is 1.95. The van der Waals surface area contributed by atoms with E-state index in [0.29, 0.717) is 0 Å². The van der Waals surface area contributed by atoms with Crippen molar-refractivity contribution in [2.75, 3.05) is 6.61 Å². The molecule has 17 heavy (non-hydrogen) atoms. The van der Waals surface area contributed by atoms with Crippen LogP contribution in [0.4, 0.5) is 0 Å². The molecule has 0 aliphatic heterocycles. The molecule has 98 valence electrons. The average Bonchev–Trinajstić information content (AvgIpc) is 2.40. The van der Waals surface area contributed by atoms with Gasteiger partial charge in [-0.3, -0.25) is 0 Å². The van der Waals surface area contributed by atoms with E-state index in [-0.39, 0.29) is 0 Å². The molecule has 2 heteroatoms. The molecule has 0 aromatic carbocycles. The number of hydrogen-bond donors (Lipinski definition) is 0. The summed E-state index contributed by atoms with van der Waals surface area (Å²) < 4.78 is 5.57. The summed E-state index contributed by atoms with van der Waals surface area (Å²) in [6.07, 6.45) is 17.0. The van der Waals surface area contributed by atoms with Crippen molar-refractivity contribution in [1.29, 1.82) is 0 Å². The lowest BCUT2D eigenvalue weighted by molar-refractivity contribution is 0.322. The third-order valence-electron chi connectivity index (χ3n) is 4.54. The van der Waals surface area contributed by atoms with Crippen LogP contribution < -0.4 is 0 Å². The fourth-order valence-corrected chi connectivity index (χ4v) is 3.88. The molecule has 0 atom stereocenters. The summed E-state index contributed by atoms with van der Waals surface area (Å²) in [5.41, 5.74) is 1.66. The lowest BCUT2D eigenvalue weighted by Gasteiger charge is -2.27. The van der Waals surface area contributed by atoms with Crippen LogP contribution in [0.25, 0.3) is 0 Å². The van der Waals surface area contributed by atoms with Gasteiger partial charge in [-0.2, -0.15) is 0 Å². The van der Waals surface area contributed by atoms with Crippen LogP contribution in [-0.4, -0.2) is 17.1 Å².